The van der Waals surface area contributed by atoms with E-state index in [4.69, 9.17) is 5.26 Å². The van der Waals surface area contributed by atoms with Crippen molar-refractivity contribution in [3.63, 3.8) is 0 Å². The molecule has 0 radical (unpaired) electrons. The molecule has 0 fully saturated rings. The molecule has 4 heteroatoms. The van der Waals surface area contributed by atoms with Crippen LogP contribution in [0.25, 0.3) is 11.1 Å². The van der Waals surface area contributed by atoms with E-state index in [0.717, 1.165) is 0 Å². The summed E-state index contributed by atoms with van der Waals surface area (Å²) in [5, 5.41) is 8.55. The molecule has 0 N–H and O–H groups in total. The van der Waals surface area contributed by atoms with Gasteiger partial charge in [-0.15, -0.1) is 0 Å². The van der Waals surface area contributed by atoms with Gasteiger partial charge in [-0.3, -0.25) is 0 Å². The van der Waals surface area contributed by atoms with Crippen LogP contribution < -0.4 is 0 Å². The van der Waals surface area contributed by atoms with Crippen molar-refractivity contribution in [1.29, 1.82) is 5.26 Å². The van der Waals surface area contributed by atoms with Gasteiger partial charge in [-0.25, -0.2) is 13.8 Å². The molecule has 1 heterocycles. The maximum atomic E-state index is 13.4. The van der Waals surface area contributed by atoms with Crippen LogP contribution in [0, 0.1) is 23.0 Å². The highest BCUT2D eigenvalue weighted by molar-refractivity contribution is 5.64. The highest BCUT2D eigenvalue weighted by Crippen LogP contribution is 2.24. The molecular formula is C12H6F2N2. The van der Waals surface area contributed by atoms with Crippen LogP contribution in [0.15, 0.2) is 36.5 Å². The lowest BCUT2D eigenvalue weighted by Gasteiger charge is -2.03. The Morgan fingerprint density at radius 3 is 2.25 bits per heavy atom. The average Bonchev–Trinajstić information content (AvgIpc) is 2.30. The Morgan fingerprint density at radius 1 is 1.06 bits per heavy atom. The summed E-state index contributed by atoms with van der Waals surface area (Å²) in [4.78, 5) is 3.76. The summed E-state index contributed by atoms with van der Waals surface area (Å²) in [7, 11) is 0. The van der Waals surface area contributed by atoms with E-state index in [1.54, 1.807) is 0 Å². The summed E-state index contributed by atoms with van der Waals surface area (Å²) in [6.45, 7) is 0. The van der Waals surface area contributed by atoms with Crippen molar-refractivity contribution in [2.24, 2.45) is 0 Å². The van der Waals surface area contributed by atoms with Gasteiger partial charge >= 0.3 is 0 Å². The normalized spacial score (nSPS) is 9.81. The van der Waals surface area contributed by atoms with E-state index in [0.29, 0.717) is 5.56 Å². The lowest BCUT2D eigenvalue weighted by Crippen LogP contribution is -1.91. The molecule has 2 rings (SSSR count). The molecule has 0 spiro atoms. The smallest absolute Gasteiger partial charge is 0.140 e. The van der Waals surface area contributed by atoms with Gasteiger partial charge in [-0.05, 0) is 24.3 Å². The predicted octanol–water partition coefficient (Wildman–Crippen LogP) is 2.90. The fraction of sp³-hybridized carbons (Fsp3) is 0. The summed E-state index contributed by atoms with van der Waals surface area (Å²) in [6, 6.07) is 8.37. The van der Waals surface area contributed by atoms with Crippen molar-refractivity contribution in [3.05, 3.63) is 53.9 Å². The molecular weight excluding hydrogens is 210 g/mol. The third kappa shape index (κ3) is 1.75. The van der Waals surface area contributed by atoms with Crippen molar-refractivity contribution < 1.29 is 8.78 Å². The van der Waals surface area contributed by atoms with Crippen LogP contribution in [0.3, 0.4) is 0 Å². The van der Waals surface area contributed by atoms with Crippen LogP contribution in [-0.4, -0.2) is 4.98 Å². The Labute approximate surface area is 90.8 Å². The maximum absolute atomic E-state index is 13.4. The zero-order chi connectivity index (χ0) is 11.5. The Morgan fingerprint density at radius 2 is 1.75 bits per heavy atom. The zero-order valence-electron chi connectivity index (χ0n) is 8.11. The molecule has 2 aromatic rings. The quantitative estimate of drug-likeness (QED) is 0.734. The molecule has 0 aliphatic heterocycles. The average molecular weight is 216 g/mol. The number of benzene rings is 1. The van der Waals surface area contributed by atoms with Crippen LogP contribution in [0.1, 0.15) is 5.69 Å². The second-order valence-corrected chi connectivity index (χ2v) is 3.14. The number of rotatable bonds is 1. The largest absolute Gasteiger partial charge is 0.245 e. The van der Waals surface area contributed by atoms with Gasteiger partial charge in [0.05, 0.1) is 5.56 Å². The molecule has 2 nitrogen and oxygen atoms in total. The van der Waals surface area contributed by atoms with Crippen LogP contribution in [0.5, 0.6) is 0 Å². The first-order chi connectivity index (χ1) is 7.72. The number of aromatic nitrogens is 1. The maximum Gasteiger partial charge on any atom is 0.140 e. The van der Waals surface area contributed by atoms with Crippen molar-refractivity contribution >= 4 is 0 Å². The Bertz CT molecular complexity index is 536. The van der Waals surface area contributed by atoms with E-state index in [2.05, 4.69) is 4.98 Å². The molecule has 0 bridgehead atoms. The predicted molar refractivity (Wildman–Crippen MR) is 54.3 cm³/mol. The minimum Gasteiger partial charge on any atom is -0.245 e. The topological polar surface area (TPSA) is 36.7 Å². The highest BCUT2D eigenvalue weighted by Gasteiger charge is 2.10. The number of pyridine rings is 1. The zero-order valence-corrected chi connectivity index (χ0v) is 8.11. The van der Waals surface area contributed by atoms with Gasteiger partial charge < -0.3 is 0 Å². The van der Waals surface area contributed by atoms with Gasteiger partial charge in [0.25, 0.3) is 0 Å². The second kappa shape index (κ2) is 4.07. The first-order valence-corrected chi connectivity index (χ1v) is 4.53. The van der Waals surface area contributed by atoms with Crippen LogP contribution >= 0.6 is 0 Å². The lowest BCUT2D eigenvalue weighted by atomic mass is 10.1. The van der Waals surface area contributed by atoms with Crippen LogP contribution in [-0.2, 0) is 0 Å². The fourth-order valence-electron chi connectivity index (χ4n) is 1.38. The van der Waals surface area contributed by atoms with Crippen molar-refractivity contribution in [2.45, 2.75) is 0 Å². The number of nitrogens with zero attached hydrogens (tertiary/aromatic N) is 2. The molecule has 0 saturated heterocycles. The van der Waals surface area contributed by atoms with Crippen molar-refractivity contribution in [1.82, 2.24) is 4.98 Å². The Balaban J connectivity index is 2.55. The number of hydrogen-bond acceptors (Lipinski definition) is 2. The molecule has 1 aromatic carbocycles. The molecule has 0 unspecified atom stereocenters. The van der Waals surface area contributed by atoms with Crippen molar-refractivity contribution in [3.8, 4) is 17.2 Å². The molecule has 0 aliphatic carbocycles. The third-order valence-corrected chi connectivity index (χ3v) is 2.13. The van der Waals surface area contributed by atoms with Gasteiger partial charge in [-0.2, -0.15) is 5.26 Å². The summed E-state index contributed by atoms with van der Waals surface area (Å²) in [6.07, 6.45) is 1.28. The molecule has 0 aliphatic rings. The van der Waals surface area contributed by atoms with Gasteiger partial charge in [0.15, 0.2) is 0 Å². The summed E-state index contributed by atoms with van der Waals surface area (Å²) < 4.78 is 26.8. The molecule has 0 saturated carbocycles. The summed E-state index contributed by atoms with van der Waals surface area (Å²) in [5.74, 6) is -1.29. The van der Waals surface area contributed by atoms with Crippen LogP contribution in [0.2, 0.25) is 0 Å². The number of hydrogen-bond donors (Lipinski definition) is 0. The van der Waals surface area contributed by atoms with E-state index >= 15 is 0 Å². The minimum absolute atomic E-state index is 0.125. The van der Waals surface area contributed by atoms with E-state index in [9.17, 15) is 8.78 Å². The summed E-state index contributed by atoms with van der Waals surface area (Å²) in [5.41, 5.74) is 0.398. The molecule has 78 valence electrons. The standard InChI is InChI=1S/C12H6F2N2/c13-10-2-1-3-11(14)12(10)8-4-5-9(6-15)16-7-8/h1-5,7H. The Kier molecular flexibility index (Phi) is 2.61. The second-order valence-electron chi connectivity index (χ2n) is 3.14. The SMILES string of the molecule is N#Cc1ccc(-c2c(F)cccc2F)cn1. The van der Waals surface area contributed by atoms with E-state index in [1.807, 2.05) is 6.07 Å². The van der Waals surface area contributed by atoms with Gasteiger partial charge in [-0.1, -0.05) is 6.07 Å². The molecule has 0 atom stereocenters. The Hall–Kier alpha value is -2.28. The fourth-order valence-corrected chi connectivity index (χ4v) is 1.38. The molecule has 1 aromatic heterocycles. The number of nitriles is 1. The molecule has 16 heavy (non-hydrogen) atoms. The third-order valence-electron chi connectivity index (χ3n) is 2.13. The van der Waals surface area contributed by atoms with Crippen LogP contribution in [0.4, 0.5) is 8.78 Å². The van der Waals surface area contributed by atoms with E-state index in [-0.39, 0.29) is 11.3 Å². The van der Waals surface area contributed by atoms with Crippen molar-refractivity contribution in [2.75, 3.05) is 0 Å². The van der Waals surface area contributed by atoms with Gasteiger partial charge in [0, 0.05) is 11.8 Å². The highest BCUT2D eigenvalue weighted by atomic mass is 19.1. The summed E-state index contributed by atoms with van der Waals surface area (Å²) >= 11 is 0. The minimum atomic E-state index is -0.647. The number of halogens is 2. The van der Waals surface area contributed by atoms with E-state index in [1.165, 1.54) is 36.5 Å². The first kappa shape index (κ1) is 10.2. The lowest BCUT2D eigenvalue weighted by molar-refractivity contribution is 0.589. The van der Waals surface area contributed by atoms with Gasteiger partial charge in [0.1, 0.15) is 23.4 Å². The van der Waals surface area contributed by atoms with E-state index < -0.39 is 11.6 Å². The monoisotopic (exact) mass is 216 g/mol. The van der Waals surface area contributed by atoms with Gasteiger partial charge in [0.2, 0.25) is 0 Å². The molecule has 0 amide bonds. The first-order valence-electron chi connectivity index (χ1n) is 4.53.